The fourth-order valence-electron chi connectivity index (χ4n) is 2.31. The smallest absolute Gasteiger partial charge is 0.202 e. The third-order valence-corrected chi connectivity index (χ3v) is 3.67. The van der Waals surface area contributed by atoms with Crippen molar-refractivity contribution in [1.82, 2.24) is 9.78 Å². The molecule has 0 atom stereocenters. The quantitative estimate of drug-likeness (QED) is 0.778. The SMILES string of the molecule is Cc1ccccc1-c1c(-c2ccoc2Cl)nn(C)c1N. The van der Waals surface area contributed by atoms with Crippen molar-refractivity contribution in [2.75, 3.05) is 5.73 Å². The van der Waals surface area contributed by atoms with Gasteiger partial charge in [-0.05, 0) is 35.7 Å². The van der Waals surface area contributed by atoms with Crippen LogP contribution in [0.1, 0.15) is 5.56 Å². The molecule has 0 amide bonds. The van der Waals surface area contributed by atoms with E-state index in [2.05, 4.69) is 5.10 Å². The van der Waals surface area contributed by atoms with Gasteiger partial charge in [0.25, 0.3) is 0 Å². The number of aromatic nitrogens is 2. The van der Waals surface area contributed by atoms with Crippen LogP contribution in [-0.4, -0.2) is 9.78 Å². The Morgan fingerprint density at radius 3 is 2.60 bits per heavy atom. The van der Waals surface area contributed by atoms with E-state index in [9.17, 15) is 0 Å². The zero-order valence-electron chi connectivity index (χ0n) is 11.2. The Balaban J connectivity index is 2.31. The van der Waals surface area contributed by atoms with E-state index in [1.54, 1.807) is 17.0 Å². The van der Waals surface area contributed by atoms with Gasteiger partial charge in [0.1, 0.15) is 11.5 Å². The van der Waals surface area contributed by atoms with Gasteiger partial charge in [0, 0.05) is 7.05 Å². The molecule has 0 saturated carbocycles. The number of rotatable bonds is 2. The Morgan fingerprint density at radius 2 is 1.95 bits per heavy atom. The monoisotopic (exact) mass is 287 g/mol. The van der Waals surface area contributed by atoms with E-state index in [-0.39, 0.29) is 0 Å². The highest BCUT2D eigenvalue weighted by Gasteiger charge is 2.21. The molecule has 5 heteroatoms. The molecule has 0 spiro atoms. The number of hydrogen-bond acceptors (Lipinski definition) is 3. The molecule has 0 aliphatic rings. The van der Waals surface area contributed by atoms with Crippen molar-refractivity contribution < 1.29 is 4.42 Å². The van der Waals surface area contributed by atoms with Gasteiger partial charge >= 0.3 is 0 Å². The molecule has 20 heavy (non-hydrogen) atoms. The number of anilines is 1. The number of aryl methyl sites for hydroxylation is 2. The first kappa shape index (κ1) is 12.8. The minimum absolute atomic E-state index is 0.318. The second kappa shape index (κ2) is 4.72. The van der Waals surface area contributed by atoms with Crippen LogP contribution in [0.2, 0.25) is 5.22 Å². The summed E-state index contributed by atoms with van der Waals surface area (Å²) in [5, 5.41) is 4.80. The third-order valence-electron chi connectivity index (χ3n) is 3.38. The maximum absolute atomic E-state index is 6.19. The molecule has 3 aromatic rings. The summed E-state index contributed by atoms with van der Waals surface area (Å²) in [7, 11) is 1.81. The second-order valence-electron chi connectivity index (χ2n) is 4.66. The molecule has 0 aliphatic heterocycles. The lowest BCUT2D eigenvalue weighted by Crippen LogP contribution is -1.98. The van der Waals surface area contributed by atoms with Gasteiger partial charge in [-0.15, -0.1) is 0 Å². The van der Waals surface area contributed by atoms with Crippen LogP contribution in [0.25, 0.3) is 22.4 Å². The average Bonchev–Trinajstić information content (AvgIpc) is 2.96. The van der Waals surface area contributed by atoms with Gasteiger partial charge in [-0.2, -0.15) is 5.10 Å². The highest BCUT2D eigenvalue weighted by Crippen LogP contribution is 2.40. The zero-order chi connectivity index (χ0) is 14.3. The maximum Gasteiger partial charge on any atom is 0.202 e. The Labute approximate surface area is 121 Å². The lowest BCUT2D eigenvalue weighted by atomic mass is 9.98. The van der Waals surface area contributed by atoms with Crippen LogP contribution in [0.3, 0.4) is 0 Å². The molecule has 4 nitrogen and oxygen atoms in total. The van der Waals surface area contributed by atoms with Crippen molar-refractivity contribution in [2.45, 2.75) is 6.92 Å². The van der Waals surface area contributed by atoms with Crippen molar-refractivity contribution in [3.8, 4) is 22.4 Å². The minimum atomic E-state index is 0.318. The lowest BCUT2D eigenvalue weighted by Gasteiger charge is -2.06. The lowest BCUT2D eigenvalue weighted by molar-refractivity contribution is 0.570. The summed E-state index contributed by atoms with van der Waals surface area (Å²) in [6.45, 7) is 2.04. The van der Waals surface area contributed by atoms with E-state index in [0.29, 0.717) is 11.0 Å². The van der Waals surface area contributed by atoms with Crippen LogP contribution in [0.5, 0.6) is 0 Å². The van der Waals surface area contributed by atoms with Gasteiger partial charge in [0.15, 0.2) is 0 Å². The first-order valence-corrected chi connectivity index (χ1v) is 6.59. The number of benzene rings is 1. The van der Waals surface area contributed by atoms with E-state index >= 15 is 0 Å². The summed E-state index contributed by atoms with van der Waals surface area (Å²) >= 11 is 6.08. The normalized spacial score (nSPS) is 10.9. The molecule has 0 saturated heterocycles. The molecule has 0 fully saturated rings. The Kier molecular flexibility index (Phi) is 3.03. The number of nitrogens with two attached hydrogens (primary N) is 1. The van der Waals surface area contributed by atoms with Crippen LogP contribution in [0, 0.1) is 6.92 Å². The molecule has 2 aromatic heterocycles. The summed E-state index contributed by atoms with van der Waals surface area (Å²) in [6, 6.07) is 9.85. The first-order chi connectivity index (χ1) is 9.59. The molecule has 0 unspecified atom stereocenters. The van der Waals surface area contributed by atoms with Crippen LogP contribution in [0.4, 0.5) is 5.82 Å². The minimum Gasteiger partial charge on any atom is -0.452 e. The van der Waals surface area contributed by atoms with Gasteiger partial charge in [-0.1, -0.05) is 24.3 Å². The van der Waals surface area contributed by atoms with Crippen molar-refractivity contribution in [3.63, 3.8) is 0 Å². The first-order valence-electron chi connectivity index (χ1n) is 6.21. The zero-order valence-corrected chi connectivity index (χ0v) is 12.0. The van der Waals surface area contributed by atoms with E-state index in [1.165, 1.54) is 0 Å². The molecule has 1 aromatic carbocycles. The van der Waals surface area contributed by atoms with Crippen molar-refractivity contribution in [2.24, 2.45) is 7.05 Å². The molecule has 0 radical (unpaired) electrons. The van der Waals surface area contributed by atoms with Crippen LogP contribution in [-0.2, 0) is 7.05 Å². The molecule has 0 bridgehead atoms. The molecule has 2 heterocycles. The van der Waals surface area contributed by atoms with E-state index < -0.39 is 0 Å². The highest BCUT2D eigenvalue weighted by atomic mass is 35.5. The van der Waals surface area contributed by atoms with Crippen LogP contribution >= 0.6 is 11.6 Å². The Morgan fingerprint density at radius 1 is 1.20 bits per heavy atom. The number of nitrogens with zero attached hydrogens (tertiary/aromatic N) is 2. The topological polar surface area (TPSA) is 57.0 Å². The summed E-state index contributed by atoms with van der Waals surface area (Å²) in [4.78, 5) is 0. The number of halogens is 1. The van der Waals surface area contributed by atoms with E-state index in [0.717, 1.165) is 27.9 Å². The molecule has 0 aliphatic carbocycles. The third kappa shape index (κ3) is 1.89. The van der Waals surface area contributed by atoms with Crippen LogP contribution < -0.4 is 5.73 Å². The molecule has 3 rings (SSSR count). The second-order valence-corrected chi connectivity index (χ2v) is 5.00. The van der Waals surface area contributed by atoms with Gasteiger partial charge < -0.3 is 10.2 Å². The predicted octanol–water partition coefficient (Wildman–Crippen LogP) is 3.89. The standard InChI is InChI=1S/C15H14ClN3O/c1-9-5-3-4-6-10(9)12-13(18-19(2)15(12)17)11-7-8-20-14(11)16/h3-8H,17H2,1-2H3. The van der Waals surface area contributed by atoms with Crippen molar-refractivity contribution >= 4 is 17.4 Å². The predicted molar refractivity (Wildman–Crippen MR) is 80.5 cm³/mol. The summed E-state index contributed by atoms with van der Waals surface area (Å²) in [5.74, 6) is 0.603. The largest absolute Gasteiger partial charge is 0.452 e. The number of furan rings is 1. The number of nitrogen functional groups attached to an aromatic ring is 1. The molecule has 2 N–H and O–H groups in total. The van der Waals surface area contributed by atoms with E-state index in [1.807, 2.05) is 38.2 Å². The molecular weight excluding hydrogens is 274 g/mol. The van der Waals surface area contributed by atoms with Crippen molar-refractivity contribution in [3.05, 3.63) is 47.4 Å². The molecular formula is C15H14ClN3O. The summed E-state index contributed by atoms with van der Waals surface area (Å²) in [6.07, 6.45) is 1.55. The summed E-state index contributed by atoms with van der Waals surface area (Å²) in [5.41, 5.74) is 10.7. The Bertz CT molecular complexity index is 773. The number of hydrogen-bond donors (Lipinski definition) is 1. The summed E-state index contributed by atoms with van der Waals surface area (Å²) < 4.78 is 6.82. The average molecular weight is 288 g/mol. The van der Waals surface area contributed by atoms with E-state index in [4.69, 9.17) is 21.8 Å². The fourth-order valence-corrected chi connectivity index (χ4v) is 2.51. The molecule has 102 valence electrons. The Hall–Kier alpha value is -2.20. The van der Waals surface area contributed by atoms with Gasteiger partial charge in [0.05, 0.1) is 17.4 Å². The van der Waals surface area contributed by atoms with Gasteiger partial charge in [0.2, 0.25) is 5.22 Å². The maximum atomic E-state index is 6.19. The fraction of sp³-hybridized carbons (Fsp3) is 0.133. The van der Waals surface area contributed by atoms with Gasteiger partial charge in [-0.3, -0.25) is 4.68 Å². The van der Waals surface area contributed by atoms with Crippen molar-refractivity contribution in [1.29, 1.82) is 0 Å². The highest BCUT2D eigenvalue weighted by molar-refractivity contribution is 6.31. The van der Waals surface area contributed by atoms with Gasteiger partial charge in [-0.25, -0.2) is 0 Å². The van der Waals surface area contributed by atoms with Crippen LogP contribution in [0.15, 0.2) is 41.0 Å².